The Labute approximate surface area is 134 Å². The molecule has 21 heavy (non-hydrogen) atoms. The first-order valence-electron chi connectivity index (χ1n) is 7.99. The maximum atomic E-state index is 12.2. The average molecular weight is 332 g/mol. The van der Waals surface area contributed by atoms with Crippen LogP contribution in [0.3, 0.4) is 0 Å². The summed E-state index contributed by atoms with van der Waals surface area (Å²) in [6.45, 7) is 24.3. The summed E-state index contributed by atoms with van der Waals surface area (Å²) in [4.78, 5) is 15.9. The Morgan fingerprint density at radius 2 is 1.43 bits per heavy atom. The maximum absolute atomic E-state index is 12.2. The Bertz CT molecular complexity index is 365. The molecule has 0 fully saturated rings. The SMILES string of the molecule is CC(CC(=O)O[Si](C)(C)C(C)(C)C)N[Si](C)(C)C(C)(C)C. The molecule has 0 aliphatic rings. The smallest absolute Gasteiger partial charge is 0.294 e. The van der Waals surface area contributed by atoms with E-state index in [2.05, 4.69) is 79.6 Å². The molecule has 0 aromatic heterocycles. The molecule has 5 heteroatoms. The summed E-state index contributed by atoms with van der Waals surface area (Å²) in [5, 5.41) is 0.337. The van der Waals surface area contributed by atoms with Crippen molar-refractivity contribution in [3.8, 4) is 0 Å². The van der Waals surface area contributed by atoms with Crippen LogP contribution in [0, 0.1) is 0 Å². The van der Waals surface area contributed by atoms with E-state index in [-0.39, 0.29) is 22.1 Å². The summed E-state index contributed by atoms with van der Waals surface area (Å²) < 4.78 is 5.85. The van der Waals surface area contributed by atoms with Crippen molar-refractivity contribution in [3.63, 3.8) is 0 Å². The molecule has 3 nitrogen and oxygen atoms in total. The minimum atomic E-state index is -2.00. The summed E-state index contributed by atoms with van der Waals surface area (Å²) in [7, 11) is -3.57. The molecule has 1 N–H and O–H groups in total. The molecular weight excluding hydrogens is 294 g/mol. The summed E-state index contributed by atoms with van der Waals surface area (Å²) in [5.74, 6) is -0.0553. The van der Waals surface area contributed by atoms with Crippen LogP contribution in [0.4, 0.5) is 0 Å². The number of rotatable bonds is 5. The fourth-order valence-corrected chi connectivity index (χ4v) is 4.34. The lowest BCUT2D eigenvalue weighted by Gasteiger charge is -2.40. The molecule has 0 heterocycles. The zero-order valence-corrected chi connectivity index (χ0v) is 18.1. The van der Waals surface area contributed by atoms with Crippen molar-refractivity contribution in [3.05, 3.63) is 0 Å². The third-order valence-corrected chi connectivity index (χ3v) is 14.4. The monoisotopic (exact) mass is 331 g/mol. The van der Waals surface area contributed by atoms with Gasteiger partial charge in [-0.25, -0.2) is 0 Å². The van der Waals surface area contributed by atoms with Crippen molar-refractivity contribution in [1.82, 2.24) is 4.98 Å². The highest BCUT2D eigenvalue weighted by Crippen LogP contribution is 2.37. The lowest BCUT2D eigenvalue weighted by atomic mass is 10.2. The molecule has 0 rings (SSSR count). The fraction of sp³-hybridized carbons (Fsp3) is 0.938. The van der Waals surface area contributed by atoms with Gasteiger partial charge in [0.15, 0.2) is 0 Å². The standard InChI is InChI=1S/C16H37NO2Si2/c1-13(17-20(8,9)15(2,3)4)12-14(18)19-21(10,11)16(5,6)7/h13,17H,12H2,1-11H3. The first-order valence-corrected chi connectivity index (χ1v) is 13.9. The largest absolute Gasteiger partial charge is 0.519 e. The summed E-state index contributed by atoms with van der Waals surface area (Å²) in [5.41, 5.74) is 0. The van der Waals surface area contributed by atoms with Crippen LogP contribution in [-0.2, 0) is 9.22 Å². The zero-order chi connectivity index (χ0) is 17.3. The van der Waals surface area contributed by atoms with E-state index in [1.54, 1.807) is 0 Å². The molecule has 0 aromatic carbocycles. The Kier molecular flexibility index (Phi) is 6.50. The highest BCUT2D eigenvalue weighted by molar-refractivity contribution is 6.78. The molecule has 0 saturated heterocycles. The second-order valence-corrected chi connectivity index (χ2v) is 19.1. The van der Waals surface area contributed by atoms with Gasteiger partial charge in [-0.15, -0.1) is 0 Å². The highest BCUT2D eigenvalue weighted by Gasteiger charge is 2.41. The van der Waals surface area contributed by atoms with Crippen LogP contribution in [0.2, 0.25) is 36.3 Å². The van der Waals surface area contributed by atoms with E-state index in [0.717, 1.165) is 0 Å². The van der Waals surface area contributed by atoms with Crippen LogP contribution in [0.1, 0.15) is 54.9 Å². The highest BCUT2D eigenvalue weighted by atomic mass is 28.4. The van der Waals surface area contributed by atoms with Gasteiger partial charge in [0.2, 0.25) is 0 Å². The van der Waals surface area contributed by atoms with E-state index < -0.39 is 16.6 Å². The van der Waals surface area contributed by atoms with Crippen LogP contribution in [0.15, 0.2) is 0 Å². The van der Waals surface area contributed by atoms with E-state index in [4.69, 9.17) is 4.43 Å². The number of hydrogen-bond donors (Lipinski definition) is 1. The van der Waals surface area contributed by atoms with Crippen molar-refractivity contribution < 1.29 is 9.22 Å². The maximum Gasteiger partial charge on any atom is 0.294 e. The van der Waals surface area contributed by atoms with E-state index in [0.29, 0.717) is 6.42 Å². The molecule has 0 radical (unpaired) electrons. The van der Waals surface area contributed by atoms with E-state index in [1.165, 1.54) is 0 Å². The molecule has 0 aromatic rings. The van der Waals surface area contributed by atoms with Gasteiger partial charge < -0.3 is 9.41 Å². The Morgan fingerprint density at radius 3 is 1.76 bits per heavy atom. The van der Waals surface area contributed by atoms with E-state index in [1.807, 2.05) is 0 Å². The first-order chi connectivity index (χ1) is 8.99. The molecule has 0 aliphatic carbocycles. The minimum absolute atomic E-state index is 0.0553. The number of nitrogens with one attached hydrogen (secondary N) is 1. The van der Waals surface area contributed by atoms with E-state index in [9.17, 15) is 4.79 Å². The number of carbonyl (C=O) groups is 1. The molecule has 0 amide bonds. The van der Waals surface area contributed by atoms with Gasteiger partial charge in [0.25, 0.3) is 14.3 Å². The molecule has 0 aliphatic heterocycles. The topological polar surface area (TPSA) is 38.3 Å². The zero-order valence-electron chi connectivity index (χ0n) is 16.1. The van der Waals surface area contributed by atoms with Crippen molar-refractivity contribution in [2.75, 3.05) is 0 Å². The molecule has 1 atom stereocenters. The van der Waals surface area contributed by atoms with Crippen LogP contribution >= 0.6 is 0 Å². The molecular formula is C16H37NO2Si2. The quantitative estimate of drug-likeness (QED) is 0.728. The second kappa shape index (κ2) is 6.54. The number of carbonyl (C=O) groups excluding carboxylic acids is 1. The van der Waals surface area contributed by atoms with Crippen LogP contribution in [0.5, 0.6) is 0 Å². The lowest BCUT2D eigenvalue weighted by molar-refractivity contribution is -0.135. The molecule has 126 valence electrons. The molecule has 0 spiro atoms. The summed E-state index contributed by atoms with van der Waals surface area (Å²) >= 11 is 0. The summed E-state index contributed by atoms with van der Waals surface area (Å²) in [6.07, 6.45) is 0.457. The predicted octanol–water partition coefficient (Wildman–Crippen LogP) is 4.91. The van der Waals surface area contributed by atoms with Gasteiger partial charge in [0, 0.05) is 6.04 Å². The van der Waals surface area contributed by atoms with Crippen molar-refractivity contribution in [2.24, 2.45) is 0 Å². The van der Waals surface area contributed by atoms with Crippen LogP contribution < -0.4 is 4.98 Å². The predicted molar refractivity (Wildman–Crippen MR) is 97.7 cm³/mol. The molecule has 0 saturated carbocycles. The Morgan fingerprint density at radius 1 is 1.00 bits per heavy atom. The van der Waals surface area contributed by atoms with Gasteiger partial charge in [-0.05, 0) is 30.1 Å². The van der Waals surface area contributed by atoms with Gasteiger partial charge in [0.05, 0.1) is 6.42 Å². The fourth-order valence-electron chi connectivity index (χ4n) is 1.61. The molecule has 0 bridgehead atoms. The average Bonchev–Trinajstić information content (AvgIpc) is 2.10. The Balaban J connectivity index is 4.62. The van der Waals surface area contributed by atoms with Gasteiger partial charge in [-0.2, -0.15) is 0 Å². The van der Waals surface area contributed by atoms with Gasteiger partial charge >= 0.3 is 0 Å². The Hall–Kier alpha value is -0.136. The van der Waals surface area contributed by atoms with Crippen LogP contribution in [0.25, 0.3) is 0 Å². The van der Waals surface area contributed by atoms with Gasteiger partial charge in [-0.3, -0.25) is 4.79 Å². The van der Waals surface area contributed by atoms with Crippen molar-refractivity contribution in [1.29, 1.82) is 0 Å². The van der Waals surface area contributed by atoms with Gasteiger partial charge in [-0.1, -0.05) is 54.6 Å². The van der Waals surface area contributed by atoms with Crippen LogP contribution in [-0.4, -0.2) is 28.6 Å². The number of hydrogen-bond acceptors (Lipinski definition) is 3. The normalized spacial score (nSPS) is 15.8. The third-order valence-electron chi connectivity index (χ3n) is 5.13. The van der Waals surface area contributed by atoms with Gasteiger partial charge in [0.1, 0.15) is 8.24 Å². The lowest BCUT2D eigenvalue weighted by Crippen LogP contribution is -2.56. The molecule has 1 unspecified atom stereocenters. The third kappa shape index (κ3) is 6.24. The first kappa shape index (κ1) is 20.9. The van der Waals surface area contributed by atoms with Crippen molar-refractivity contribution >= 4 is 22.5 Å². The van der Waals surface area contributed by atoms with Crippen molar-refractivity contribution in [2.45, 2.75) is 97.2 Å². The van der Waals surface area contributed by atoms with E-state index >= 15 is 0 Å². The minimum Gasteiger partial charge on any atom is -0.519 e. The second-order valence-electron chi connectivity index (χ2n) is 9.36. The summed E-state index contributed by atoms with van der Waals surface area (Å²) in [6, 6.07) is 0.170.